The van der Waals surface area contributed by atoms with E-state index >= 15 is 0 Å². The standard InChI is InChI=1S/C21H33N3O3/c1-16-4-5-17(19(12-16)27-18-6-10-26-14-18)13-23-20(22-2)24-15-21(7-8-21)9-11-25-3/h4-5,12,18H,6-11,13-15H2,1-3H3,(H2,22,23,24). The van der Waals surface area contributed by atoms with Gasteiger partial charge in [-0.1, -0.05) is 12.1 Å². The SMILES string of the molecule is CN=C(NCc1ccc(C)cc1OC1CCOC1)NCC1(CCOC)CC1. The summed E-state index contributed by atoms with van der Waals surface area (Å²) in [6.07, 6.45) is 4.73. The summed E-state index contributed by atoms with van der Waals surface area (Å²) >= 11 is 0. The van der Waals surface area contributed by atoms with Crippen molar-refractivity contribution < 1.29 is 14.2 Å². The van der Waals surface area contributed by atoms with E-state index in [1.807, 2.05) is 7.05 Å². The molecule has 150 valence electrons. The highest BCUT2D eigenvalue weighted by molar-refractivity contribution is 5.79. The molecule has 2 fully saturated rings. The summed E-state index contributed by atoms with van der Waals surface area (Å²) in [5.41, 5.74) is 2.72. The number of benzene rings is 1. The van der Waals surface area contributed by atoms with Crippen molar-refractivity contribution in [3.63, 3.8) is 0 Å². The molecule has 1 saturated heterocycles. The molecule has 0 radical (unpaired) electrons. The predicted octanol–water partition coefficient (Wildman–Crippen LogP) is 2.64. The fourth-order valence-electron chi connectivity index (χ4n) is 3.38. The number of aliphatic imine (C=N–C) groups is 1. The average Bonchev–Trinajstić information content (AvgIpc) is 3.26. The molecule has 1 aliphatic carbocycles. The van der Waals surface area contributed by atoms with Crippen LogP contribution >= 0.6 is 0 Å². The van der Waals surface area contributed by atoms with Gasteiger partial charge in [0.2, 0.25) is 0 Å². The van der Waals surface area contributed by atoms with E-state index in [9.17, 15) is 0 Å². The number of nitrogens with one attached hydrogen (secondary N) is 2. The molecule has 0 aromatic heterocycles. The van der Waals surface area contributed by atoms with Crippen LogP contribution in [0.4, 0.5) is 0 Å². The lowest BCUT2D eigenvalue weighted by atomic mass is 10.0. The highest BCUT2D eigenvalue weighted by Gasteiger charge is 2.41. The lowest BCUT2D eigenvalue weighted by molar-refractivity contribution is 0.140. The molecular formula is C21H33N3O3. The zero-order chi connectivity index (χ0) is 19.1. The molecule has 6 nitrogen and oxygen atoms in total. The van der Waals surface area contributed by atoms with Gasteiger partial charge in [0.25, 0.3) is 0 Å². The van der Waals surface area contributed by atoms with E-state index in [1.165, 1.54) is 18.4 Å². The van der Waals surface area contributed by atoms with E-state index in [1.54, 1.807) is 7.11 Å². The Kier molecular flexibility index (Phi) is 6.96. The Balaban J connectivity index is 1.53. The van der Waals surface area contributed by atoms with E-state index < -0.39 is 0 Å². The zero-order valence-corrected chi connectivity index (χ0v) is 16.8. The van der Waals surface area contributed by atoms with Crippen molar-refractivity contribution in [3.05, 3.63) is 29.3 Å². The molecule has 27 heavy (non-hydrogen) atoms. The Bertz CT molecular complexity index is 638. The second-order valence-corrected chi connectivity index (χ2v) is 7.74. The average molecular weight is 376 g/mol. The number of ether oxygens (including phenoxy) is 3. The molecule has 1 atom stereocenters. The molecule has 1 aromatic rings. The monoisotopic (exact) mass is 375 g/mol. The molecule has 6 heteroatoms. The molecule has 0 amide bonds. The molecular weight excluding hydrogens is 342 g/mol. The fourth-order valence-corrected chi connectivity index (χ4v) is 3.38. The highest BCUT2D eigenvalue weighted by Crippen LogP contribution is 2.48. The van der Waals surface area contributed by atoms with Gasteiger partial charge in [-0.3, -0.25) is 4.99 Å². The second kappa shape index (κ2) is 9.42. The van der Waals surface area contributed by atoms with Crippen LogP contribution < -0.4 is 15.4 Å². The van der Waals surface area contributed by atoms with E-state index in [-0.39, 0.29) is 6.10 Å². The van der Waals surface area contributed by atoms with Gasteiger partial charge in [-0.2, -0.15) is 0 Å². The van der Waals surface area contributed by atoms with Gasteiger partial charge in [-0.05, 0) is 43.2 Å². The number of rotatable bonds is 9. The van der Waals surface area contributed by atoms with E-state index in [0.29, 0.717) is 18.6 Å². The molecule has 0 bridgehead atoms. The molecule has 1 unspecified atom stereocenters. The van der Waals surface area contributed by atoms with E-state index in [4.69, 9.17) is 14.2 Å². The van der Waals surface area contributed by atoms with Crippen molar-refractivity contribution >= 4 is 5.96 Å². The molecule has 2 N–H and O–H groups in total. The summed E-state index contributed by atoms with van der Waals surface area (Å²) in [6.45, 7) is 5.98. The van der Waals surface area contributed by atoms with Gasteiger partial charge in [0.15, 0.2) is 5.96 Å². The first kappa shape index (κ1) is 20.0. The van der Waals surface area contributed by atoms with Crippen LogP contribution in [0.15, 0.2) is 23.2 Å². The van der Waals surface area contributed by atoms with Gasteiger partial charge >= 0.3 is 0 Å². The number of aryl methyl sites for hydroxylation is 1. The number of nitrogens with zero attached hydrogens (tertiary/aromatic N) is 1. The van der Waals surface area contributed by atoms with Gasteiger partial charge in [-0.15, -0.1) is 0 Å². The summed E-state index contributed by atoms with van der Waals surface area (Å²) < 4.78 is 16.9. The molecule has 1 aliphatic heterocycles. The van der Waals surface area contributed by atoms with Gasteiger partial charge < -0.3 is 24.8 Å². The summed E-state index contributed by atoms with van der Waals surface area (Å²) in [6, 6.07) is 6.35. The lowest BCUT2D eigenvalue weighted by Gasteiger charge is -2.20. The Morgan fingerprint density at radius 1 is 1.33 bits per heavy atom. The van der Waals surface area contributed by atoms with Crippen molar-refractivity contribution in [1.29, 1.82) is 0 Å². The fraction of sp³-hybridized carbons (Fsp3) is 0.667. The van der Waals surface area contributed by atoms with Crippen LogP contribution in [0.3, 0.4) is 0 Å². The molecule has 1 aromatic carbocycles. The third-order valence-electron chi connectivity index (χ3n) is 5.50. The molecule has 1 saturated carbocycles. The number of guanidine groups is 1. The van der Waals surface area contributed by atoms with Crippen LogP contribution in [-0.4, -0.2) is 52.6 Å². The Labute approximate surface area is 162 Å². The number of hydrogen-bond acceptors (Lipinski definition) is 4. The second-order valence-electron chi connectivity index (χ2n) is 7.74. The van der Waals surface area contributed by atoms with Crippen LogP contribution in [-0.2, 0) is 16.0 Å². The molecule has 1 heterocycles. The Hall–Kier alpha value is -1.79. The minimum atomic E-state index is 0.151. The van der Waals surface area contributed by atoms with Gasteiger partial charge in [0, 0.05) is 45.8 Å². The smallest absolute Gasteiger partial charge is 0.191 e. The van der Waals surface area contributed by atoms with Crippen LogP contribution in [0, 0.1) is 12.3 Å². The third-order valence-corrected chi connectivity index (χ3v) is 5.50. The first-order valence-corrected chi connectivity index (χ1v) is 9.91. The largest absolute Gasteiger partial charge is 0.488 e. The first-order valence-electron chi connectivity index (χ1n) is 9.91. The topological polar surface area (TPSA) is 64.1 Å². The molecule has 3 rings (SSSR count). The van der Waals surface area contributed by atoms with Crippen molar-refractivity contribution in [2.45, 2.75) is 45.3 Å². The third kappa shape index (κ3) is 5.84. The Morgan fingerprint density at radius 2 is 2.19 bits per heavy atom. The summed E-state index contributed by atoms with van der Waals surface area (Å²) in [5.74, 6) is 1.77. The van der Waals surface area contributed by atoms with Crippen molar-refractivity contribution in [2.75, 3.05) is 40.5 Å². The van der Waals surface area contributed by atoms with Gasteiger partial charge in [0.05, 0.1) is 13.2 Å². The first-order chi connectivity index (χ1) is 13.1. The van der Waals surface area contributed by atoms with Gasteiger partial charge in [0.1, 0.15) is 11.9 Å². The van der Waals surface area contributed by atoms with E-state index in [0.717, 1.165) is 49.9 Å². The van der Waals surface area contributed by atoms with Crippen molar-refractivity contribution in [2.24, 2.45) is 10.4 Å². The molecule has 0 spiro atoms. The maximum atomic E-state index is 6.18. The minimum absolute atomic E-state index is 0.151. The van der Waals surface area contributed by atoms with Crippen molar-refractivity contribution in [1.82, 2.24) is 10.6 Å². The minimum Gasteiger partial charge on any atom is -0.488 e. The molecule has 2 aliphatic rings. The zero-order valence-electron chi connectivity index (χ0n) is 16.8. The number of hydrogen-bond donors (Lipinski definition) is 2. The van der Waals surface area contributed by atoms with E-state index in [2.05, 4.69) is 40.7 Å². The summed E-state index contributed by atoms with van der Waals surface area (Å²) in [4.78, 5) is 4.37. The maximum Gasteiger partial charge on any atom is 0.191 e. The van der Waals surface area contributed by atoms with Crippen LogP contribution in [0.25, 0.3) is 0 Å². The van der Waals surface area contributed by atoms with Gasteiger partial charge in [-0.25, -0.2) is 0 Å². The normalized spacial score (nSPS) is 21.1. The predicted molar refractivity (Wildman–Crippen MR) is 107 cm³/mol. The lowest BCUT2D eigenvalue weighted by Crippen LogP contribution is -2.40. The Morgan fingerprint density at radius 3 is 2.85 bits per heavy atom. The summed E-state index contributed by atoms with van der Waals surface area (Å²) in [5, 5.41) is 6.90. The van der Waals surface area contributed by atoms with Crippen molar-refractivity contribution in [3.8, 4) is 5.75 Å². The summed E-state index contributed by atoms with van der Waals surface area (Å²) in [7, 11) is 3.58. The number of methoxy groups -OCH3 is 1. The van der Waals surface area contributed by atoms with Crippen LogP contribution in [0.1, 0.15) is 36.8 Å². The van der Waals surface area contributed by atoms with Crippen LogP contribution in [0.5, 0.6) is 5.75 Å². The quantitative estimate of drug-likeness (QED) is 0.513. The maximum absolute atomic E-state index is 6.18. The highest BCUT2D eigenvalue weighted by atomic mass is 16.5. The van der Waals surface area contributed by atoms with Crippen LogP contribution in [0.2, 0.25) is 0 Å².